The van der Waals surface area contributed by atoms with Gasteiger partial charge in [0.05, 0.1) is 105 Å². The van der Waals surface area contributed by atoms with E-state index in [0.717, 1.165) is 25.0 Å². The van der Waals surface area contributed by atoms with Gasteiger partial charge in [0.15, 0.2) is 0 Å². The van der Waals surface area contributed by atoms with Gasteiger partial charge in [-0.05, 0) is 18.4 Å². The van der Waals surface area contributed by atoms with E-state index in [2.05, 4.69) is 26.0 Å². The zero-order valence-electron chi connectivity index (χ0n) is 24.5. The van der Waals surface area contributed by atoms with Crippen LogP contribution in [0.15, 0.2) is 5.11 Å². The Morgan fingerprint density at radius 2 is 1.33 bits per heavy atom. The molecule has 3 atom stereocenters. The van der Waals surface area contributed by atoms with Gasteiger partial charge in [-0.25, -0.2) is 4.79 Å². The van der Waals surface area contributed by atoms with E-state index >= 15 is 0 Å². The van der Waals surface area contributed by atoms with Crippen molar-refractivity contribution < 1.29 is 42.7 Å². The van der Waals surface area contributed by atoms with Gasteiger partial charge in [-0.3, -0.25) is 4.79 Å². The first kappa shape index (κ1) is 36.3. The third-order valence-electron chi connectivity index (χ3n) is 6.28. The van der Waals surface area contributed by atoms with Gasteiger partial charge in [0.2, 0.25) is 5.91 Å². The van der Waals surface area contributed by atoms with Crippen molar-refractivity contribution in [3.8, 4) is 0 Å². The molecule has 0 saturated carbocycles. The fourth-order valence-electron chi connectivity index (χ4n) is 4.20. The Kier molecular flexibility index (Phi) is 22.1. The summed E-state index contributed by atoms with van der Waals surface area (Å²) < 4.78 is 37.8. The largest absolute Gasteiger partial charge is 0.379 e. The fourth-order valence-corrected chi connectivity index (χ4v) is 5.74. The van der Waals surface area contributed by atoms with Crippen LogP contribution in [0.3, 0.4) is 0 Å². The average molecular weight is 621 g/mol. The van der Waals surface area contributed by atoms with Gasteiger partial charge < -0.3 is 49.1 Å². The minimum absolute atomic E-state index is 0.0424. The minimum atomic E-state index is -0.0609. The average Bonchev–Trinajstić information content (AvgIpc) is 3.54. The van der Waals surface area contributed by atoms with Crippen LogP contribution >= 0.6 is 11.8 Å². The minimum Gasteiger partial charge on any atom is -0.379 e. The number of unbranched alkanes of at least 4 members (excludes halogenated alkanes) is 1. The molecule has 2 heterocycles. The number of ether oxygens (including phenoxy) is 7. The lowest BCUT2D eigenvalue weighted by Gasteiger charge is -2.16. The first-order chi connectivity index (χ1) is 20.7. The molecule has 16 heteroatoms. The van der Waals surface area contributed by atoms with E-state index in [0.29, 0.717) is 117 Å². The highest BCUT2D eigenvalue weighted by Gasteiger charge is 2.42. The summed E-state index contributed by atoms with van der Waals surface area (Å²) in [4.78, 5) is 26.1. The molecule has 3 N–H and O–H groups in total. The number of carbonyl (C=O) groups excluding carboxylic acids is 2. The zero-order valence-corrected chi connectivity index (χ0v) is 25.3. The van der Waals surface area contributed by atoms with Crippen LogP contribution in [0.1, 0.15) is 25.7 Å². The Morgan fingerprint density at radius 3 is 1.88 bits per heavy atom. The van der Waals surface area contributed by atoms with E-state index in [9.17, 15) is 9.59 Å². The van der Waals surface area contributed by atoms with Gasteiger partial charge in [0.1, 0.15) is 0 Å². The maximum atomic E-state index is 12.0. The summed E-state index contributed by atoms with van der Waals surface area (Å²) in [5, 5.41) is 12.6. The quantitative estimate of drug-likeness (QED) is 0.0362. The van der Waals surface area contributed by atoms with Gasteiger partial charge in [0, 0.05) is 35.4 Å². The standard InChI is InChI=1S/C26H48N6O9S/c27-32-29-6-8-36-10-12-38-14-16-40-18-20-41-19-17-39-15-13-37-11-9-35-7-5-28-24(33)4-2-1-3-23-25-22(21-42-23)30-26(34)31-25/h22-23,25H,1-21H2,(H,28,33)(H2,30,31,34). The van der Waals surface area contributed by atoms with Crippen LogP contribution in [0.5, 0.6) is 0 Å². The molecule has 0 bridgehead atoms. The highest BCUT2D eigenvalue weighted by Crippen LogP contribution is 2.33. The van der Waals surface area contributed by atoms with E-state index < -0.39 is 0 Å². The van der Waals surface area contributed by atoms with E-state index in [4.69, 9.17) is 38.7 Å². The van der Waals surface area contributed by atoms with Gasteiger partial charge in [0.25, 0.3) is 0 Å². The van der Waals surface area contributed by atoms with Gasteiger partial charge >= 0.3 is 6.03 Å². The van der Waals surface area contributed by atoms with E-state index in [1.54, 1.807) is 0 Å². The highest BCUT2D eigenvalue weighted by molar-refractivity contribution is 8.00. The number of fused-ring (bicyclic) bond motifs is 1. The summed E-state index contributed by atoms with van der Waals surface area (Å²) in [7, 11) is 0. The van der Waals surface area contributed by atoms with Gasteiger partial charge in [-0.1, -0.05) is 11.5 Å². The Morgan fingerprint density at radius 1 is 0.810 bits per heavy atom. The van der Waals surface area contributed by atoms with Crippen LogP contribution < -0.4 is 16.0 Å². The van der Waals surface area contributed by atoms with Crippen molar-refractivity contribution >= 4 is 23.7 Å². The van der Waals surface area contributed by atoms with Crippen LogP contribution in [0.2, 0.25) is 0 Å². The number of carbonyl (C=O) groups is 2. The fraction of sp³-hybridized carbons (Fsp3) is 0.923. The first-order valence-electron chi connectivity index (χ1n) is 14.7. The van der Waals surface area contributed by atoms with Crippen molar-refractivity contribution in [2.45, 2.75) is 43.0 Å². The van der Waals surface area contributed by atoms with Crippen LogP contribution in [0.4, 0.5) is 4.79 Å². The molecule has 3 unspecified atom stereocenters. The number of nitrogens with zero attached hydrogens (tertiary/aromatic N) is 3. The maximum absolute atomic E-state index is 12.0. The van der Waals surface area contributed by atoms with E-state index in [1.165, 1.54) is 0 Å². The van der Waals surface area contributed by atoms with E-state index in [1.807, 2.05) is 11.8 Å². The number of thioether (sulfide) groups is 1. The smallest absolute Gasteiger partial charge is 0.315 e. The number of amides is 3. The number of nitrogens with one attached hydrogen (secondary N) is 3. The topological polar surface area (TPSA) is 184 Å². The lowest BCUT2D eigenvalue weighted by molar-refractivity contribution is -0.121. The maximum Gasteiger partial charge on any atom is 0.315 e. The molecule has 2 aliphatic heterocycles. The predicted molar refractivity (Wildman–Crippen MR) is 157 cm³/mol. The molecule has 0 spiro atoms. The number of hydrogen-bond acceptors (Lipinski definition) is 11. The second-order valence-corrected chi connectivity index (χ2v) is 10.7. The molecule has 0 aromatic rings. The molecule has 0 aromatic heterocycles. The van der Waals surface area contributed by atoms with Crippen molar-refractivity contribution in [3.05, 3.63) is 10.4 Å². The lowest BCUT2D eigenvalue weighted by Crippen LogP contribution is -2.36. The lowest BCUT2D eigenvalue weighted by atomic mass is 10.0. The number of hydrogen-bond donors (Lipinski definition) is 3. The number of urea groups is 1. The zero-order chi connectivity index (χ0) is 29.9. The molecule has 0 aromatic carbocycles. The Hall–Kier alpha value is -1.88. The van der Waals surface area contributed by atoms with Crippen molar-refractivity contribution in [3.63, 3.8) is 0 Å². The molecule has 2 rings (SSSR count). The Labute approximate surface area is 252 Å². The molecule has 42 heavy (non-hydrogen) atoms. The molecule has 242 valence electrons. The molecule has 15 nitrogen and oxygen atoms in total. The molecule has 3 amide bonds. The van der Waals surface area contributed by atoms with Crippen molar-refractivity contribution in [2.24, 2.45) is 5.11 Å². The predicted octanol–water partition coefficient (Wildman–Crippen LogP) is 1.25. The summed E-state index contributed by atoms with van der Waals surface area (Å²) in [5.41, 5.74) is 8.13. The normalized spacial score (nSPS) is 19.2. The van der Waals surface area contributed by atoms with Crippen LogP contribution in [0, 0.1) is 0 Å². The van der Waals surface area contributed by atoms with Gasteiger partial charge in [-0.15, -0.1) is 0 Å². The van der Waals surface area contributed by atoms with E-state index in [-0.39, 0.29) is 24.0 Å². The van der Waals surface area contributed by atoms with Crippen LogP contribution in [-0.4, -0.2) is 141 Å². The van der Waals surface area contributed by atoms with Crippen LogP contribution in [-0.2, 0) is 38.0 Å². The Bertz CT molecular complexity index is 766. The molecule has 0 radical (unpaired) electrons. The Balaban J connectivity index is 1.20. The summed E-state index contributed by atoms with van der Waals surface area (Å²) >= 11 is 1.90. The van der Waals surface area contributed by atoms with Crippen molar-refractivity contribution in [1.29, 1.82) is 0 Å². The monoisotopic (exact) mass is 620 g/mol. The van der Waals surface area contributed by atoms with Crippen molar-refractivity contribution in [1.82, 2.24) is 16.0 Å². The third kappa shape index (κ3) is 18.6. The first-order valence-corrected chi connectivity index (χ1v) is 15.8. The summed E-state index contributed by atoms with van der Waals surface area (Å²) in [6.07, 6.45) is 3.34. The number of azide groups is 1. The molecule has 2 aliphatic rings. The molecular formula is C26H48N6O9S. The summed E-state index contributed by atoms with van der Waals surface area (Å²) in [5.74, 6) is 1.00. The molecule has 2 fully saturated rings. The molecular weight excluding hydrogens is 572 g/mol. The molecule has 2 saturated heterocycles. The summed E-state index contributed by atoms with van der Waals surface area (Å²) in [6.45, 7) is 7.37. The highest BCUT2D eigenvalue weighted by atomic mass is 32.2. The van der Waals surface area contributed by atoms with Crippen LogP contribution in [0.25, 0.3) is 10.4 Å². The third-order valence-corrected chi connectivity index (χ3v) is 7.79. The second kappa shape index (κ2) is 25.6. The van der Waals surface area contributed by atoms with Crippen molar-refractivity contribution in [2.75, 3.05) is 111 Å². The molecule has 0 aliphatic carbocycles. The van der Waals surface area contributed by atoms with Gasteiger partial charge in [-0.2, -0.15) is 11.8 Å². The summed E-state index contributed by atoms with van der Waals surface area (Å²) in [6, 6.07) is 0.411. The number of rotatable bonds is 29. The SMILES string of the molecule is [N-]=[N+]=NCCOCCOCCOCCOCCOCCOCCOCCNC(=O)CCCCC1SCC2NC(=O)NC21. The second-order valence-electron chi connectivity index (χ2n) is 9.46.